The van der Waals surface area contributed by atoms with E-state index >= 15 is 0 Å². The molecular weight excluding hydrogens is 747 g/mol. The van der Waals surface area contributed by atoms with Crippen LogP contribution < -0.4 is 5.32 Å². The van der Waals surface area contributed by atoms with Crippen molar-refractivity contribution in [2.24, 2.45) is 0 Å². The minimum atomic E-state index is -1.61. The van der Waals surface area contributed by atoms with Crippen molar-refractivity contribution in [1.82, 2.24) is 5.32 Å². The zero-order chi connectivity index (χ0) is 43.4. The van der Waals surface area contributed by atoms with Crippen molar-refractivity contribution in [3.05, 3.63) is 23.8 Å². The Labute approximate surface area is 361 Å². The summed E-state index contributed by atoms with van der Waals surface area (Å²) in [7, 11) is 0. The predicted octanol–water partition coefficient (Wildman–Crippen LogP) is 9.64. The summed E-state index contributed by atoms with van der Waals surface area (Å²) in [5.41, 5.74) is 1.36. The average Bonchev–Trinajstić information content (AvgIpc) is 3.23. The largest absolute Gasteiger partial charge is 0.394 e. The third kappa shape index (κ3) is 28.8. The zero-order valence-corrected chi connectivity index (χ0v) is 38.1. The fraction of sp³-hybridized carbons (Fsp3) is 0.898. The summed E-state index contributed by atoms with van der Waals surface area (Å²) in [6.45, 7) is 5.75. The number of amides is 1. The normalized spacial score (nSPS) is 21.6. The molecule has 348 valence electrons. The lowest BCUT2D eigenvalue weighted by molar-refractivity contribution is -0.302. The second kappa shape index (κ2) is 38.3. The van der Waals surface area contributed by atoms with Crippen molar-refractivity contribution in [3.8, 4) is 0 Å². The van der Waals surface area contributed by atoms with E-state index in [4.69, 9.17) is 9.47 Å². The van der Waals surface area contributed by atoms with Gasteiger partial charge in [0.1, 0.15) is 30.5 Å². The molecule has 5 unspecified atom stereocenters. The lowest BCUT2D eigenvalue weighted by atomic mass is 9.99. The summed E-state index contributed by atoms with van der Waals surface area (Å²) in [5, 5.41) is 64.8. The number of unbranched alkanes of at least 4 members (excludes halogenated alkanes) is 26. The summed E-state index contributed by atoms with van der Waals surface area (Å²) >= 11 is 0. The molecule has 59 heavy (non-hydrogen) atoms. The molecular formula is C49H93NO9. The molecule has 10 nitrogen and oxygen atoms in total. The summed E-state index contributed by atoms with van der Waals surface area (Å²) < 4.78 is 11.1. The Morgan fingerprint density at radius 3 is 1.58 bits per heavy atom. The number of rotatable bonds is 40. The SMILES string of the molecule is CCCCCCCCCCCCCCCCCCCCCC[C@@H](O)C(=O)N[C@@H](COC1OC(CO)C(O)C(O)C1O)[C@H](O)/C=C/CC/C=C(\C)CCCCCCCCC. The topological polar surface area (TPSA) is 169 Å². The Morgan fingerprint density at radius 1 is 0.644 bits per heavy atom. The molecule has 1 amide bonds. The maximum atomic E-state index is 13.1. The predicted molar refractivity (Wildman–Crippen MR) is 241 cm³/mol. The van der Waals surface area contributed by atoms with Crippen LogP contribution in [-0.4, -0.2) is 98.7 Å². The first-order valence-electron chi connectivity index (χ1n) is 24.6. The minimum absolute atomic E-state index is 0.307. The molecule has 0 spiro atoms. The molecule has 0 radical (unpaired) electrons. The van der Waals surface area contributed by atoms with Gasteiger partial charge in [0.05, 0.1) is 25.4 Å². The van der Waals surface area contributed by atoms with Crippen molar-refractivity contribution in [1.29, 1.82) is 0 Å². The fourth-order valence-electron chi connectivity index (χ4n) is 7.89. The zero-order valence-electron chi connectivity index (χ0n) is 38.1. The number of carbonyl (C=O) groups excluding carboxylic acids is 1. The number of ether oxygens (including phenoxy) is 2. The summed E-state index contributed by atoms with van der Waals surface area (Å²) in [6.07, 6.45) is 33.5. The molecule has 7 N–H and O–H groups in total. The van der Waals surface area contributed by atoms with Crippen LogP contribution >= 0.6 is 0 Å². The summed E-state index contributed by atoms with van der Waals surface area (Å²) in [6, 6.07) is -0.995. The smallest absolute Gasteiger partial charge is 0.249 e. The highest BCUT2D eigenvalue weighted by Crippen LogP contribution is 2.23. The van der Waals surface area contributed by atoms with Gasteiger partial charge in [0.2, 0.25) is 5.91 Å². The molecule has 1 fully saturated rings. The van der Waals surface area contributed by atoms with E-state index in [2.05, 4.69) is 32.2 Å². The summed E-state index contributed by atoms with van der Waals surface area (Å²) in [4.78, 5) is 13.1. The maximum Gasteiger partial charge on any atom is 0.249 e. The number of hydrogen-bond acceptors (Lipinski definition) is 9. The molecule has 1 aliphatic heterocycles. The van der Waals surface area contributed by atoms with Crippen molar-refractivity contribution in [2.75, 3.05) is 13.2 Å². The van der Waals surface area contributed by atoms with Gasteiger partial charge in [-0.1, -0.05) is 205 Å². The van der Waals surface area contributed by atoms with E-state index in [9.17, 15) is 35.4 Å². The number of carbonyl (C=O) groups is 1. The first-order chi connectivity index (χ1) is 28.7. The molecule has 0 saturated carbocycles. The highest BCUT2D eigenvalue weighted by molar-refractivity contribution is 5.80. The second-order valence-electron chi connectivity index (χ2n) is 17.6. The summed E-state index contributed by atoms with van der Waals surface area (Å²) in [5.74, 6) is -0.624. The lowest BCUT2D eigenvalue weighted by Gasteiger charge is -2.40. The quantitative estimate of drug-likeness (QED) is 0.0235. The molecule has 0 aliphatic carbocycles. The first-order valence-corrected chi connectivity index (χ1v) is 24.6. The molecule has 0 aromatic heterocycles. The van der Waals surface area contributed by atoms with Crippen LogP contribution in [0.1, 0.15) is 220 Å². The number of aliphatic hydroxyl groups is 6. The monoisotopic (exact) mass is 840 g/mol. The third-order valence-electron chi connectivity index (χ3n) is 12.0. The van der Waals surface area contributed by atoms with Gasteiger partial charge in [0, 0.05) is 0 Å². The van der Waals surface area contributed by atoms with Crippen molar-refractivity contribution >= 4 is 5.91 Å². The Hall–Kier alpha value is -1.37. The fourth-order valence-corrected chi connectivity index (χ4v) is 7.89. The van der Waals surface area contributed by atoms with Gasteiger partial charge in [0.25, 0.3) is 0 Å². The standard InChI is InChI=1S/C49H93NO9/c1-4-6-8-10-12-13-14-15-16-17-18-19-20-21-22-23-24-26-28-32-37-43(53)48(57)50-41(39-58-49-47(56)46(55)45(54)44(38-51)59-49)42(52)36-33-29-31-35-40(3)34-30-27-25-11-9-7-5-2/h33,35-36,41-47,49,51-56H,4-32,34,37-39H2,1-3H3,(H,50,57)/b36-33+,40-35+/t41-,42+,43+,44?,45?,46?,47?,49?/m0/s1. The number of aliphatic hydroxyl groups excluding tert-OH is 6. The van der Waals surface area contributed by atoms with Gasteiger partial charge in [-0.3, -0.25) is 4.79 Å². The Morgan fingerprint density at radius 2 is 1.10 bits per heavy atom. The van der Waals surface area contributed by atoms with Gasteiger partial charge in [0.15, 0.2) is 6.29 Å². The van der Waals surface area contributed by atoms with Gasteiger partial charge < -0.3 is 45.4 Å². The molecule has 0 bridgehead atoms. The van der Waals surface area contributed by atoms with Gasteiger partial charge in [-0.2, -0.15) is 0 Å². The molecule has 0 aromatic rings. The van der Waals surface area contributed by atoms with E-state index in [1.165, 1.54) is 153 Å². The van der Waals surface area contributed by atoms with Crippen LogP contribution in [0.3, 0.4) is 0 Å². The molecule has 1 heterocycles. The third-order valence-corrected chi connectivity index (χ3v) is 12.0. The molecule has 0 aromatic carbocycles. The maximum absolute atomic E-state index is 13.1. The number of allylic oxidation sites excluding steroid dienone is 3. The van der Waals surface area contributed by atoms with E-state index in [0.717, 1.165) is 32.1 Å². The van der Waals surface area contributed by atoms with Gasteiger partial charge >= 0.3 is 0 Å². The Kier molecular flexibility index (Phi) is 36.1. The van der Waals surface area contributed by atoms with Crippen LogP contribution in [0, 0.1) is 0 Å². The van der Waals surface area contributed by atoms with Crippen molar-refractivity contribution in [3.63, 3.8) is 0 Å². The molecule has 1 saturated heterocycles. The van der Waals surface area contributed by atoms with E-state index in [0.29, 0.717) is 19.3 Å². The number of hydrogen-bond donors (Lipinski definition) is 7. The van der Waals surface area contributed by atoms with E-state index in [1.54, 1.807) is 6.08 Å². The average molecular weight is 840 g/mol. The minimum Gasteiger partial charge on any atom is -0.394 e. The number of nitrogens with one attached hydrogen (secondary N) is 1. The molecule has 1 rings (SSSR count). The van der Waals surface area contributed by atoms with Crippen molar-refractivity contribution < 1.29 is 44.9 Å². The Balaban J connectivity index is 2.40. The van der Waals surface area contributed by atoms with Crippen LogP contribution in [0.4, 0.5) is 0 Å². The van der Waals surface area contributed by atoms with Crippen LogP contribution in [-0.2, 0) is 14.3 Å². The van der Waals surface area contributed by atoms with Gasteiger partial charge in [-0.15, -0.1) is 0 Å². The van der Waals surface area contributed by atoms with Crippen LogP contribution in [0.5, 0.6) is 0 Å². The van der Waals surface area contributed by atoms with Crippen LogP contribution in [0.15, 0.2) is 23.8 Å². The van der Waals surface area contributed by atoms with Crippen molar-refractivity contribution in [2.45, 2.75) is 269 Å². The van der Waals surface area contributed by atoms with E-state index in [1.807, 2.05) is 6.08 Å². The van der Waals surface area contributed by atoms with Crippen LogP contribution in [0.25, 0.3) is 0 Å². The Bertz CT molecular complexity index is 1020. The lowest BCUT2D eigenvalue weighted by Crippen LogP contribution is -2.60. The molecule has 10 heteroatoms. The van der Waals surface area contributed by atoms with Gasteiger partial charge in [-0.25, -0.2) is 0 Å². The van der Waals surface area contributed by atoms with E-state index < -0.39 is 61.5 Å². The second-order valence-corrected chi connectivity index (χ2v) is 17.6. The highest BCUT2D eigenvalue weighted by Gasteiger charge is 2.44. The first kappa shape index (κ1) is 55.6. The van der Waals surface area contributed by atoms with Crippen LogP contribution in [0.2, 0.25) is 0 Å². The molecule has 1 aliphatic rings. The van der Waals surface area contributed by atoms with E-state index in [-0.39, 0.29) is 6.61 Å². The highest BCUT2D eigenvalue weighted by atomic mass is 16.7. The molecule has 8 atom stereocenters. The van der Waals surface area contributed by atoms with Gasteiger partial charge in [-0.05, 0) is 39.0 Å².